The lowest BCUT2D eigenvalue weighted by Crippen LogP contribution is -2.41. The average molecular weight is 431 g/mol. The van der Waals surface area contributed by atoms with Crippen LogP contribution in [0.5, 0.6) is 5.75 Å². The van der Waals surface area contributed by atoms with Crippen LogP contribution in [0.1, 0.15) is 25.8 Å². The van der Waals surface area contributed by atoms with Crippen LogP contribution in [0.3, 0.4) is 0 Å². The van der Waals surface area contributed by atoms with E-state index in [9.17, 15) is 14.4 Å². The Morgan fingerprint density at radius 2 is 1.87 bits per heavy atom. The number of ether oxygens (including phenoxy) is 1. The molecule has 158 valence electrons. The van der Waals surface area contributed by atoms with Gasteiger partial charge in [-0.25, -0.2) is 5.43 Å². The predicted octanol–water partition coefficient (Wildman–Crippen LogP) is 2.72. The molecule has 0 aliphatic carbocycles. The van der Waals surface area contributed by atoms with Crippen molar-refractivity contribution >= 4 is 41.2 Å². The third kappa shape index (κ3) is 7.92. The molecule has 0 saturated carbocycles. The maximum atomic E-state index is 12.0. The minimum Gasteiger partial charge on any atom is -0.484 e. The van der Waals surface area contributed by atoms with E-state index in [1.807, 2.05) is 6.92 Å². The molecule has 3 amide bonds. The number of hydrogen-bond donors (Lipinski definition) is 3. The van der Waals surface area contributed by atoms with Crippen molar-refractivity contribution in [2.24, 2.45) is 5.10 Å². The Balaban J connectivity index is 1.83. The molecule has 8 nitrogen and oxygen atoms in total. The van der Waals surface area contributed by atoms with E-state index in [0.29, 0.717) is 28.4 Å². The number of carbonyl (C=O) groups excluding carboxylic acids is 3. The Morgan fingerprint density at radius 1 is 1.13 bits per heavy atom. The first-order chi connectivity index (χ1) is 14.4. The van der Waals surface area contributed by atoms with Crippen LogP contribution in [-0.2, 0) is 14.4 Å². The Labute approximate surface area is 179 Å². The van der Waals surface area contributed by atoms with Gasteiger partial charge in [0, 0.05) is 16.8 Å². The largest absolute Gasteiger partial charge is 0.484 e. The Morgan fingerprint density at radius 3 is 2.57 bits per heavy atom. The van der Waals surface area contributed by atoms with Crippen molar-refractivity contribution in [3.05, 3.63) is 59.1 Å². The molecule has 0 heterocycles. The van der Waals surface area contributed by atoms with Crippen molar-refractivity contribution in [1.82, 2.24) is 10.7 Å². The van der Waals surface area contributed by atoms with Crippen LogP contribution in [0.4, 0.5) is 5.69 Å². The molecule has 0 spiro atoms. The molecule has 0 bridgehead atoms. The lowest BCUT2D eigenvalue weighted by molar-refractivity contribution is -0.139. The lowest BCUT2D eigenvalue weighted by Gasteiger charge is -2.09. The topological polar surface area (TPSA) is 109 Å². The summed E-state index contributed by atoms with van der Waals surface area (Å²) in [5.74, 6) is -1.47. The fourth-order valence-electron chi connectivity index (χ4n) is 2.17. The SMILES string of the molecule is CC[C@H](C)NC(=O)C(=O)N/N=C\c1cccc(OCC(=O)Nc2ccc(Cl)cc2)c1. The number of rotatable bonds is 8. The van der Waals surface area contributed by atoms with Gasteiger partial charge in [0.25, 0.3) is 5.91 Å². The molecule has 9 heteroatoms. The van der Waals surface area contributed by atoms with E-state index in [1.54, 1.807) is 55.5 Å². The molecular weight excluding hydrogens is 408 g/mol. The summed E-state index contributed by atoms with van der Waals surface area (Å²) in [5, 5.41) is 9.58. The van der Waals surface area contributed by atoms with Crippen molar-refractivity contribution in [3.63, 3.8) is 0 Å². The summed E-state index contributed by atoms with van der Waals surface area (Å²) in [6, 6.07) is 13.4. The summed E-state index contributed by atoms with van der Waals surface area (Å²) in [5.41, 5.74) is 3.40. The summed E-state index contributed by atoms with van der Waals surface area (Å²) in [7, 11) is 0. The molecule has 0 unspecified atom stereocenters. The second-order valence-corrected chi connectivity index (χ2v) is 6.83. The molecule has 3 N–H and O–H groups in total. The van der Waals surface area contributed by atoms with Crippen LogP contribution in [-0.4, -0.2) is 36.6 Å². The van der Waals surface area contributed by atoms with Gasteiger partial charge in [-0.3, -0.25) is 14.4 Å². The van der Waals surface area contributed by atoms with Gasteiger partial charge in [0.05, 0.1) is 6.21 Å². The van der Waals surface area contributed by atoms with Gasteiger partial charge in [0.15, 0.2) is 6.61 Å². The highest BCUT2D eigenvalue weighted by molar-refractivity contribution is 6.35. The first kappa shape index (κ1) is 22.9. The van der Waals surface area contributed by atoms with E-state index in [1.165, 1.54) is 6.21 Å². The monoisotopic (exact) mass is 430 g/mol. The second kappa shape index (κ2) is 11.6. The van der Waals surface area contributed by atoms with Gasteiger partial charge in [-0.15, -0.1) is 0 Å². The normalized spacial score (nSPS) is 11.6. The highest BCUT2D eigenvalue weighted by atomic mass is 35.5. The number of carbonyl (C=O) groups is 3. The van der Waals surface area contributed by atoms with Gasteiger partial charge < -0.3 is 15.4 Å². The fourth-order valence-corrected chi connectivity index (χ4v) is 2.30. The predicted molar refractivity (Wildman–Crippen MR) is 116 cm³/mol. The number of nitrogens with zero attached hydrogens (tertiary/aromatic N) is 1. The average Bonchev–Trinajstić information content (AvgIpc) is 2.74. The summed E-state index contributed by atoms with van der Waals surface area (Å²) >= 11 is 5.81. The Hall–Kier alpha value is -3.39. The number of halogens is 1. The van der Waals surface area contributed by atoms with E-state index in [0.717, 1.165) is 0 Å². The number of nitrogens with one attached hydrogen (secondary N) is 3. The van der Waals surface area contributed by atoms with E-state index in [-0.39, 0.29) is 18.6 Å². The number of amides is 3. The molecule has 2 aromatic rings. The van der Waals surface area contributed by atoms with Crippen LogP contribution in [0.15, 0.2) is 53.6 Å². The van der Waals surface area contributed by atoms with Crippen LogP contribution in [0.25, 0.3) is 0 Å². The number of benzene rings is 2. The number of hydrazone groups is 1. The van der Waals surface area contributed by atoms with E-state index < -0.39 is 11.8 Å². The molecular formula is C21H23ClN4O4. The van der Waals surface area contributed by atoms with Gasteiger partial charge in [0.1, 0.15) is 5.75 Å². The van der Waals surface area contributed by atoms with E-state index in [4.69, 9.17) is 16.3 Å². The van der Waals surface area contributed by atoms with Crippen molar-refractivity contribution < 1.29 is 19.1 Å². The zero-order valence-electron chi connectivity index (χ0n) is 16.6. The van der Waals surface area contributed by atoms with E-state index in [2.05, 4.69) is 21.2 Å². The molecule has 0 radical (unpaired) electrons. The zero-order valence-corrected chi connectivity index (χ0v) is 17.4. The summed E-state index contributed by atoms with van der Waals surface area (Å²) in [6.45, 7) is 3.52. The zero-order chi connectivity index (χ0) is 21.9. The molecule has 2 rings (SSSR count). The molecule has 1 atom stereocenters. The molecule has 30 heavy (non-hydrogen) atoms. The fraction of sp³-hybridized carbons (Fsp3) is 0.238. The van der Waals surface area contributed by atoms with Crippen LogP contribution in [0.2, 0.25) is 5.02 Å². The number of anilines is 1. The number of hydrogen-bond acceptors (Lipinski definition) is 5. The maximum Gasteiger partial charge on any atom is 0.329 e. The molecule has 0 aliphatic rings. The Kier molecular flexibility index (Phi) is 8.83. The lowest BCUT2D eigenvalue weighted by atomic mass is 10.2. The quantitative estimate of drug-likeness (QED) is 0.340. The highest BCUT2D eigenvalue weighted by Gasteiger charge is 2.14. The van der Waals surface area contributed by atoms with Crippen molar-refractivity contribution in [2.75, 3.05) is 11.9 Å². The first-order valence-electron chi connectivity index (χ1n) is 9.29. The molecule has 2 aromatic carbocycles. The Bertz CT molecular complexity index is 915. The minimum absolute atomic E-state index is 0.0991. The van der Waals surface area contributed by atoms with Crippen molar-refractivity contribution in [2.45, 2.75) is 26.3 Å². The van der Waals surface area contributed by atoms with Gasteiger partial charge >= 0.3 is 11.8 Å². The minimum atomic E-state index is -0.849. The van der Waals surface area contributed by atoms with Gasteiger partial charge in [-0.2, -0.15) is 5.10 Å². The third-order valence-corrected chi connectivity index (χ3v) is 4.18. The second-order valence-electron chi connectivity index (χ2n) is 6.40. The van der Waals surface area contributed by atoms with Crippen molar-refractivity contribution in [1.29, 1.82) is 0 Å². The first-order valence-corrected chi connectivity index (χ1v) is 9.67. The molecule has 0 aromatic heterocycles. The molecule has 0 saturated heterocycles. The van der Waals surface area contributed by atoms with Crippen LogP contribution < -0.4 is 20.8 Å². The van der Waals surface area contributed by atoms with Gasteiger partial charge in [-0.05, 0) is 55.3 Å². The smallest absolute Gasteiger partial charge is 0.329 e. The van der Waals surface area contributed by atoms with Gasteiger partial charge in [0.2, 0.25) is 0 Å². The van der Waals surface area contributed by atoms with E-state index >= 15 is 0 Å². The van der Waals surface area contributed by atoms with Crippen LogP contribution >= 0.6 is 11.6 Å². The van der Waals surface area contributed by atoms with Gasteiger partial charge in [-0.1, -0.05) is 30.7 Å². The standard InChI is InChI=1S/C21H23ClN4O4/c1-3-14(2)24-20(28)21(29)26-23-12-15-5-4-6-18(11-15)30-13-19(27)25-17-9-7-16(22)8-10-17/h4-12,14H,3,13H2,1-2H3,(H,24,28)(H,25,27)(H,26,29)/b23-12-/t14-/m0/s1. The molecule has 0 aliphatic heterocycles. The highest BCUT2D eigenvalue weighted by Crippen LogP contribution is 2.14. The molecule has 0 fully saturated rings. The van der Waals surface area contributed by atoms with Crippen LogP contribution in [0, 0.1) is 0 Å². The maximum absolute atomic E-state index is 12.0. The third-order valence-electron chi connectivity index (χ3n) is 3.93. The summed E-state index contributed by atoms with van der Waals surface area (Å²) in [6.07, 6.45) is 2.09. The van der Waals surface area contributed by atoms with Crippen molar-refractivity contribution in [3.8, 4) is 5.75 Å². The summed E-state index contributed by atoms with van der Waals surface area (Å²) in [4.78, 5) is 35.3. The summed E-state index contributed by atoms with van der Waals surface area (Å²) < 4.78 is 5.47.